The van der Waals surface area contributed by atoms with Crippen molar-refractivity contribution in [1.82, 2.24) is 4.90 Å². The third-order valence-electron chi connectivity index (χ3n) is 6.44. The summed E-state index contributed by atoms with van der Waals surface area (Å²) in [4.78, 5) is 29.2. The van der Waals surface area contributed by atoms with E-state index >= 15 is 0 Å². The second kappa shape index (κ2) is 10.0. The number of benzene rings is 2. The molecular formula is C27H31N3O3. The molecule has 0 radical (unpaired) electrons. The molecule has 172 valence electrons. The zero-order chi connectivity index (χ0) is 23.4. The van der Waals surface area contributed by atoms with Crippen LogP contribution < -0.4 is 10.2 Å². The summed E-state index contributed by atoms with van der Waals surface area (Å²) in [7, 11) is 5.66. The van der Waals surface area contributed by atoms with E-state index < -0.39 is 0 Å². The number of hydrogen-bond acceptors (Lipinski definition) is 5. The van der Waals surface area contributed by atoms with Gasteiger partial charge >= 0.3 is 5.97 Å². The minimum absolute atomic E-state index is 0.149. The van der Waals surface area contributed by atoms with Gasteiger partial charge in [0.2, 0.25) is 0 Å². The van der Waals surface area contributed by atoms with Crippen LogP contribution in [0.15, 0.2) is 66.8 Å². The van der Waals surface area contributed by atoms with Crippen LogP contribution in [0.5, 0.6) is 0 Å². The van der Waals surface area contributed by atoms with Gasteiger partial charge < -0.3 is 19.9 Å². The van der Waals surface area contributed by atoms with Gasteiger partial charge in [0.1, 0.15) is 0 Å². The van der Waals surface area contributed by atoms with E-state index in [1.807, 2.05) is 42.5 Å². The fourth-order valence-corrected chi connectivity index (χ4v) is 4.36. The van der Waals surface area contributed by atoms with Gasteiger partial charge in [-0.1, -0.05) is 30.4 Å². The number of likely N-dealkylation sites (N-methyl/N-ethyl adjacent to an activating group) is 1. The molecule has 2 aliphatic rings. The first-order chi connectivity index (χ1) is 15.9. The second-order valence-electron chi connectivity index (χ2n) is 8.82. The van der Waals surface area contributed by atoms with Gasteiger partial charge in [-0.3, -0.25) is 9.59 Å². The molecule has 2 unspecified atom stereocenters. The zero-order valence-electron chi connectivity index (χ0n) is 19.5. The smallest absolute Gasteiger partial charge is 0.312 e. The van der Waals surface area contributed by atoms with Crippen LogP contribution in [0.3, 0.4) is 0 Å². The minimum Gasteiger partial charge on any atom is -0.469 e. The number of amides is 1. The molecule has 1 heterocycles. The first kappa shape index (κ1) is 22.8. The molecule has 0 bridgehead atoms. The van der Waals surface area contributed by atoms with Crippen molar-refractivity contribution in [3.8, 4) is 0 Å². The average Bonchev–Trinajstić information content (AvgIpc) is 3.35. The molecule has 2 aromatic carbocycles. The zero-order valence-corrected chi connectivity index (χ0v) is 19.5. The van der Waals surface area contributed by atoms with Crippen molar-refractivity contribution in [3.05, 3.63) is 77.9 Å². The molecule has 4 rings (SSSR count). The monoisotopic (exact) mass is 445 g/mol. The van der Waals surface area contributed by atoms with E-state index in [1.165, 1.54) is 12.8 Å². The predicted molar refractivity (Wildman–Crippen MR) is 132 cm³/mol. The summed E-state index contributed by atoms with van der Waals surface area (Å²) in [6.45, 7) is 2.07. The molecule has 1 fully saturated rings. The molecule has 2 aromatic rings. The van der Waals surface area contributed by atoms with Gasteiger partial charge in [-0.25, -0.2) is 0 Å². The summed E-state index contributed by atoms with van der Waals surface area (Å²) in [6.07, 6.45) is 7.70. The maximum atomic E-state index is 12.7. The minimum atomic E-state index is -0.268. The molecule has 6 heteroatoms. The van der Waals surface area contributed by atoms with Gasteiger partial charge in [0, 0.05) is 36.1 Å². The van der Waals surface area contributed by atoms with Gasteiger partial charge in [0.15, 0.2) is 0 Å². The summed E-state index contributed by atoms with van der Waals surface area (Å²) in [5, 5.41) is 2.98. The molecule has 1 amide bonds. The summed E-state index contributed by atoms with van der Waals surface area (Å²) >= 11 is 0. The van der Waals surface area contributed by atoms with E-state index in [1.54, 1.807) is 12.1 Å². The van der Waals surface area contributed by atoms with E-state index in [9.17, 15) is 9.59 Å². The lowest BCUT2D eigenvalue weighted by molar-refractivity contribution is -0.143. The average molecular weight is 446 g/mol. The van der Waals surface area contributed by atoms with Crippen molar-refractivity contribution in [2.75, 3.05) is 44.5 Å². The van der Waals surface area contributed by atoms with Crippen molar-refractivity contribution >= 4 is 28.8 Å². The number of nitrogens with one attached hydrogen (secondary N) is 1. The molecule has 0 spiro atoms. The number of hydrogen-bond donors (Lipinski definition) is 1. The van der Waals surface area contributed by atoms with Crippen molar-refractivity contribution in [3.63, 3.8) is 0 Å². The Bertz CT molecular complexity index is 1060. The molecular weight excluding hydrogens is 414 g/mol. The summed E-state index contributed by atoms with van der Waals surface area (Å²) in [5.41, 5.74) is 4.46. The Hall–Kier alpha value is -3.38. The van der Waals surface area contributed by atoms with Crippen LogP contribution in [0.1, 0.15) is 28.8 Å². The Morgan fingerprint density at radius 3 is 2.42 bits per heavy atom. The maximum absolute atomic E-state index is 12.7. The van der Waals surface area contributed by atoms with E-state index in [0.717, 1.165) is 36.3 Å². The van der Waals surface area contributed by atoms with Gasteiger partial charge in [-0.2, -0.15) is 0 Å². The lowest BCUT2D eigenvalue weighted by atomic mass is 9.92. The van der Waals surface area contributed by atoms with Gasteiger partial charge in [0.25, 0.3) is 5.91 Å². The largest absolute Gasteiger partial charge is 0.469 e. The quantitative estimate of drug-likeness (QED) is 0.675. The van der Waals surface area contributed by atoms with Crippen molar-refractivity contribution in [1.29, 1.82) is 0 Å². The summed E-state index contributed by atoms with van der Waals surface area (Å²) in [5.74, 6) is -0.653. The first-order valence-corrected chi connectivity index (χ1v) is 11.3. The van der Waals surface area contributed by atoms with E-state index in [-0.39, 0.29) is 17.8 Å². The number of carbonyl (C=O) groups excluding carboxylic acids is 2. The lowest BCUT2D eigenvalue weighted by Gasteiger charge is -2.22. The molecule has 1 aliphatic heterocycles. The summed E-state index contributed by atoms with van der Waals surface area (Å²) in [6, 6.07) is 16.0. The highest BCUT2D eigenvalue weighted by molar-refractivity contribution is 6.04. The van der Waals surface area contributed by atoms with Crippen LogP contribution >= 0.6 is 0 Å². The maximum Gasteiger partial charge on any atom is 0.312 e. The molecule has 33 heavy (non-hydrogen) atoms. The van der Waals surface area contributed by atoms with E-state index in [2.05, 4.69) is 41.3 Å². The number of anilines is 2. The highest BCUT2D eigenvalue weighted by atomic mass is 16.5. The Balaban J connectivity index is 1.38. The highest BCUT2D eigenvalue weighted by Gasteiger charge is 2.24. The molecule has 0 aromatic heterocycles. The number of methoxy groups -OCH3 is 1. The topological polar surface area (TPSA) is 61.9 Å². The first-order valence-electron chi connectivity index (χ1n) is 11.3. The van der Waals surface area contributed by atoms with Crippen molar-refractivity contribution in [2.45, 2.75) is 18.9 Å². The third kappa shape index (κ3) is 5.34. The Morgan fingerprint density at radius 2 is 1.79 bits per heavy atom. The number of allylic oxidation sites excluding steroid dienone is 3. The molecule has 6 nitrogen and oxygen atoms in total. The Labute approximate surface area is 195 Å². The predicted octanol–water partition coefficient (Wildman–Crippen LogP) is 4.21. The number of carbonyl (C=O) groups is 2. The Kier molecular flexibility index (Phi) is 6.94. The molecule has 0 saturated carbocycles. The normalized spacial score (nSPS) is 20.0. The standard InChI is InChI=1S/C27H31N3O3/c1-29(2)25-15-16-30(18-25)24-13-11-23(12-14-24)28-26(31)20-9-7-19(8-10-20)21-5-4-6-22(17-21)27(32)33-3/h4-5,7-14,17,22,25H,6,15-16,18H2,1-3H3,(H,28,31). The van der Waals surface area contributed by atoms with Gasteiger partial charge in [0.05, 0.1) is 13.0 Å². The van der Waals surface area contributed by atoms with E-state index in [4.69, 9.17) is 4.74 Å². The van der Waals surface area contributed by atoms with Gasteiger partial charge in [-0.05, 0) is 74.5 Å². The Morgan fingerprint density at radius 1 is 1.06 bits per heavy atom. The van der Waals surface area contributed by atoms with Crippen molar-refractivity contribution < 1.29 is 14.3 Å². The molecule has 1 N–H and O–H groups in total. The number of rotatable bonds is 6. The SMILES string of the molecule is COC(=O)C1C=C(c2ccc(C(=O)Nc3ccc(N4CCC(N(C)C)C4)cc3)cc2)C=CC1. The third-order valence-corrected chi connectivity index (χ3v) is 6.44. The second-order valence-corrected chi connectivity index (χ2v) is 8.82. The van der Waals surface area contributed by atoms with Gasteiger partial charge in [-0.15, -0.1) is 0 Å². The van der Waals surface area contributed by atoms with Crippen LogP contribution in [-0.4, -0.2) is 57.1 Å². The fraction of sp³-hybridized carbons (Fsp3) is 0.333. The number of nitrogens with zero attached hydrogens (tertiary/aromatic N) is 2. The molecule has 1 aliphatic carbocycles. The summed E-state index contributed by atoms with van der Waals surface area (Å²) < 4.78 is 4.86. The lowest BCUT2D eigenvalue weighted by Crippen LogP contribution is -2.31. The van der Waals surface area contributed by atoms with Crippen LogP contribution in [0, 0.1) is 5.92 Å². The van der Waals surface area contributed by atoms with Crippen LogP contribution in [0.2, 0.25) is 0 Å². The highest BCUT2D eigenvalue weighted by Crippen LogP contribution is 2.27. The van der Waals surface area contributed by atoms with Crippen LogP contribution in [0.4, 0.5) is 11.4 Å². The fourth-order valence-electron chi connectivity index (χ4n) is 4.36. The number of esters is 1. The van der Waals surface area contributed by atoms with Crippen molar-refractivity contribution in [2.24, 2.45) is 5.92 Å². The molecule has 1 saturated heterocycles. The van der Waals surface area contributed by atoms with Crippen LogP contribution in [-0.2, 0) is 9.53 Å². The number of ether oxygens (including phenoxy) is 1. The van der Waals surface area contributed by atoms with E-state index in [0.29, 0.717) is 18.0 Å². The molecule has 2 atom stereocenters. The van der Waals surface area contributed by atoms with Crippen LogP contribution in [0.25, 0.3) is 5.57 Å².